The molecule has 2 amide bonds. The summed E-state index contributed by atoms with van der Waals surface area (Å²) in [5.41, 5.74) is 1.64. The van der Waals surface area contributed by atoms with Gasteiger partial charge < -0.3 is 24.6 Å². The molecule has 0 spiro atoms. The van der Waals surface area contributed by atoms with E-state index in [0.29, 0.717) is 30.3 Å². The van der Waals surface area contributed by atoms with Gasteiger partial charge in [-0.2, -0.15) is 0 Å². The van der Waals surface area contributed by atoms with Crippen LogP contribution < -0.4 is 24.6 Å². The number of benzene rings is 1. The van der Waals surface area contributed by atoms with Crippen LogP contribution in [0, 0.1) is 5.92 Å². The molecule has 176 valence electrons. The fourth-order valence-corrected chi connectivity index (χ4v) is 4.47. The lowest BCUT2D eigenvalue weighted by Gasteiger charge is -2.21. The molecule has 1 aromatic heterocycles. The van der Waals surface area contributed by atoms with Crippen LogP contribution in [-0.4, -0.2) is 50.7 Å². The second-order valence-corrected chi connectivity index (χ2v) is 8.59. The van der Waals surface area contributed by atoms with Crippen LogP contribution in [0.5, 0.6) is 11.5 Å². The Morgan fingerprint density at radius 1 is 1.06 bits per heavy atom. The fraction of sp³-hybridized carbons (Fsp3) is 0.480. The Kier molecular flexibility index (Phi) is 7.32. The lowest BCUT2D eigenvalue weighted by atomic mass is 10.1. The third-order valence-corrected chi connectivity index (χ3v) is 6.38. The minimum absolute atomic E-state index is 0.0779. The molecule has 1 N–H and O–H groups in total. The van der Waals surface area contributed by atoms with E-state index in [1.165, 1.54) is 25.7 Å². The number of nitrogens with one attached hydrogen (secondary N) is 1. The van der Waals surface area contributed by atoms with Gasteiger partial charge in [0.2, 0.25) is 11.8 Å². The Balaban J connectivity index is 1.32. The molecule has 8 heteroatoms. The molecule has 2 fully saturated rings. The van der Waals surface area contributed by atoms with Crippen LogP contribution in [0.15, 0.2) is 36.5 Å². The molecule has 0 saturated carbocycles. The summed E-state index contributed by atoms with van der Waals surface area (Å²) in [6, 6.07) is 9.37. The third kappa shape index (κ3) is 5.38. The zero-order valence-corrected chi connectivity index (χ0v) is 19.4. The number of carbonyl (C=O) groups is 2. The van der Waals surface area contributed by atoms with Crippen molar-refractivity contribution in [2.75, 3.05) is 43.7 Å². The largest absolute Gasteiger partial charge is 0.493 e. The van der Waals surface area contributed by atoms with Crippen molar-refractivity contribution in [3.8, 4) is 11.5 Å². The summed E-state index contributed by atoms with van der Waals surface area (Å²) in [6.45, 7) is 2.84. The molecule has 2 aliphatic heterocycles. The average Bonchev–Trinajstić information content (AvgIpc) is 3.05. The van der Waals surface area contributed by atoms with Crippen molar-refractivity contribution in [3.63, 3.8) is 0 Å². The van der Waals surface area contributed by atoms with Gasteiger partial charge in [-0.3, -0.25) is 9.59 Å². The van der Waals surface area contributed by atoms with Crippen molar-refractivity contribution in [3.05, 3.63) is 42.1 Å². The maximum Gasteiger partial charge on any atom is 0.227 e. The van der Waals surface area contributed by atoms with Crippen molar-refractivity contribution in [1.29, 1.82) is 0 Å². The number of anilines is 2. The highest BCUT2D eigenvalue weighted by molar-refractivity contribution is 6.00. The summed E-state index contributed by atoms with van der Waals surface area (Å²) in [5.74, 6) is 1.55. The van der Waals surface area contributed by atoms with Gasteiger partial charge in [0, 0.05) is 50.6 Å². The average molecular weight is 453 g/mol. The first kappa shape index (κ1) is 22.9. The molecule has 0 radical (unpaired) electrons. The number of ether oxygens (including phenoxy) is 2. The zero-order valence-electron chi connectivity index (χ0n) is 19.4. The summed E-state index contributed by atoms with van der Waals surface area (Å²) in [6.07, 6.45) is 7.00. The molecule has 2 saturated heterocycles. The van der Waals surface area contributed by atoms with E-state index >= 15 is 0 Å². The van der Waals surface area contributed by atoms with Gasteiger partial charge in [0.25, 0.3) is 0 Å². The Hall–Kier alpha value is -3.29. The van der Waals surface area contributed by atoms with Gasteiger partial charge in [-0.25, -0.2) is 4.98 Å². The molecule has 1 unspecified atom stereocenters. The van der Waals surface area contributed by atoms with Crippen LogP contribution in [0.25, 0.3) is 0 Å². The minimum Gasteiger partial charge on any atom is -0.493 e. The van der Waals surface area contributed by atoms with Crippen molar-refractivity contribution in [1.82, 2.24) is 10.3 Å². The summed E-state index contributed by atoms with van der Waals surface area (Å²) >= 11 is 0. The van der Waals surface area contributed by atoms with E-state index < -0.39 is 5.92 Å². The Bertz CT molecular complexity index is 971. The van der Waals surface area contributed by atoms with Crippen LogP contribution in [0.4, 0.5) is 11.5 Å². The van der Waals surface area contributed by atoms with Crippen LogP contribution in [0.2, 0.25) is 0 Å². The topological polar surface area (TPSA) is 84.0 Å². The maximum absolute atomic E-state index is 12.8. The van der Waals surface area contributed by atoms with Gasteiger partial charge in [0.05, 0.1) is 20.1 Å². The van der Waals surface area contributed by atoms with Crippen LogP contribution in [-0.2, 0) is 16.1 Å². The lowest BCUT2D eigenvalue weighted by Crippen LogP contribution is -2.32. The molecular weight excluding hydrogens is 420 g/mol. The van der Waals surface area contributed by atoms with E-state index in [0.717, 1.165) is 24.5 Å². The number of hydrogen-bond donors (Lipinski definition) is 1. The zero-order chi connectivity index (χ0) is 23.2. The smallest absolute Gasteiger partial charge is 0.227 e. The van der Waals surface area contributed by atoms with E-state index in [9.17, 15) is 9.59 Å². The molecule has 1 atom stereocenters. The second-order valence-electron chi connectivity index (χ2n) is 8.59. The summed E-state index contributed by atoms with van der Waals surface area (Å²) in [5, 5.41) is 2.97. The van der Waals surface area contributed by atoms with Crippen molar-refractivity contribution < 1.29 is 19.1 Å². The van der Waals surface area contributed by atoms with Crippen LogP contribution in [0.1, 0.15) is 37.7 Å². The molecule has 0 bridgehead atoms. The predicted molar refractivity (Wildman–Crippen MR) is 127 cm³/mol. The number of pyridine rings is 1. The number of methoxy groups -OCH3 is 2. The first-order valence-corrected chi connectivity index (χ1v) is 11.6. The summed E-state index contributed by atoms with van der Waals surface area (Å²) in [7, 11) is 3.12. The third-order valence-electron chi connectivity index (χ3n) is 6.38. The molecule has 3 heterocycles. The second kappa shape index (κ2) is 10.6. The first-order chi connectivity index (χ1) is 16.1. The van der Waals surface area contributed by atoms with Gasteiger partial charge in [0.15, 0.2) is 11.5 Å². The highest BCUT2D eigenvalue weighted by Crippen LogP contribution is 2.34. The maximum atomic E-state index is 12.8. The monoisotopic (exact) mass is 452 g/mol. The normalized spacial score (nSPS) is 18.7. The van der Waals surface area contributed by atoms with E-state index in [1.807, 2.05) is 18.3 Å². The molecule has 4 rings (SSSR count). The number of nitrogens with zero attached hydrogens (tertiary/aromatic N) is 3. The van der Waals surface area contributed by atoms with Gasteiger partial charge in [-0.1, -0.05) is 18.9 Å². The SMILES string of the molecule is COc1ccc(N2CC(C(=O)NCc3ccc(N4CCCCCC4)nc3)CC2=O)cc1OC. The molecule has 33 heavy (non-hydrogen) atoms. The van der Waals surface area contributed by atoms with E-state index in [4.69, 9.17) is 9.47 Å². The van der Waals surface area contributed by atoms with Crippen molar-refractivity contribution >= 4 is 23.3 Å². The standard InChI is InChI=1S/C25H32N4O4/c1-32-21-9-8-20(14-22(21)33-2)29-17-19(13-24(29)30)25(31)27-16-18-7-10-23(26-15-18)28-11-5-3-4-6-12-28/h7-10,14-15,19H,3-6,11-13,16-17H2,1-2H3,(H,27,31). The number of hydrogen-bond acceptors (Lipinski definition) is 6. The lowest BCUT2D eigenvalue weighted by molar-refractivity contribution is -0.126. The number of aromatic nitrogens is 1. The van der Waals surface area contributed by atoms with Gasteiger partial charge in [-0.15, -0.1) is 0 Å². The molecule has 2 aliphatic rings. The fourth-order valence-electron chi connectivity index (χ4n) is 4.47. The number of amides is 2. The number of rotatable bonds is 7. The molecule has 0 aliphatic carbocycles. The molecular formula is C25H32N4O4. The summed E-state index contributed by atoms with van der Waals surface area (Å²) in [4.78, 5) is 33.9. The van der Waals surface area contributed by atoms with E-state index in [2.05, 4.69) is 15.2 Å². The predicted octanol–water partition coefficient (Wildman–Crippen LogP) is 3.15. The molecule has 2 aromatic rings. The Morgan fingerprint density at radius 3 is 2.48 bits per heavy atom. The van der Waals surface area contributed by atoms with Crippen LogP contribution >= 0.6 is 0 Å². The summed E-state index contributed by atoms with van der Waals surface area (Å²) < 4.78 is 10.6. The van der Waals surface area contributed by atoms with Crippen molar-refractivity contribution in [2.45, 2.75) is 38.6 Å². The Morgan fingerprint density at radius 2 is 1.82 bits per heavy atom. The van der Waals surface area contributed by atoms with Gasteiger partial charge >= 0.3 is 0 Å². The van der Waals surface area contributed by atoms with Crippen molar-refractivity contribution in [2.24, 2.45) is 5.92 Å². The Labute approximate surface area is 194 Å². The quantitative estimate of drug-likeness (QED) is 0.695. The highest BCUT2D eigenvalue weighted by Gasteiger charge is 2.35. The molecule has 8 nitrogen and oxygen atoms in total. The van der Waals surface area contributed by atoms with E-state index in [-0.39, 0.29) is 18.2 Å². The number of carbonyl (C=O) groups excluding carboxylic acids is 2. The first-order valence-electron chi connectivity index (χ1n) is 11.6. The molecule has 1 aromatic carbocycles. The van der Waals surface area contributed by atoms with Crippen LogP contribution in [0.3, 0.4) is 0 Å². The van der Waals surface area contributed by atoms with Gasteiger partial charge in [-0.05, 0) is 36.6 Å². The highest BCUT2D eigenvalue weighted by atomic mass is 16.5. The minimum atomic E-state index is -0.394. The van der Waals surface area contributed by atoms with E-state index in [1.54, 1.807) is 37.3 Å². The van der Waals surface area contributed by atoms with Gasteiger partial charge in [0.1, 0.15) is 5.82 Å².